The average Bonchev–Trinajstić information content (AvgIpc) is 2.91. The second kappa shape index (κ2) is 5.97. The zero-order valence-electron chi connectivity index (χ0n) is 11.5. The van der Waals surface area contributed by atoms with E-state index in [9.17, 15) is 9.50 Å². The third-order valence-electron chi connectivity index (χ3n) is 3.47. The monoisotopic (exact) mass is 285 g/mol. The van der Waals surface area contributed by atoms with Crippen molar-refractivity contribution in [3.8, 4) is 5.75 Å². The van der Waals surface area contributed by atoms with E-state index in [0.717, 1.165) is 28.6 Å². The van der Waals surface area contributed by atoms with E-state index in [1.165, 1.54) is 12.1 Å². The molecule has 0 amide bonds. The van der Waals surface area contributed by atoms with E-state index in [1.54, 1.807) is 16.7 Å². The van der Waals surface area contributed by atoms with Crippen molar-refractivity contribution in [2.24, 2.45) is 0 Å². The summed E-state index contributed by atoms with van der Waals surface area (Å²) in [6.45, 7) is 0.472. The fourth-order valence-electron chi connectivity index (χ4n) is 2.31. The number of fused-ring (bicyclic) bond motifs is 1. The molecule has 0 bridgehead atoms. The summed E-state index contributed by atoms with van der Waals surface area (Å²) in [5.41, 5.74) is 1.98. The average molecular weight is 285 g/mol. The van der Waals surface area contributed by atoms with Crippen LogP contribution in [0.2, 0.25) is 0 Å². The van der Waals surface area contributed by atoms with Crippen LogP contribution in [0.3, 0.4) is 0 Å². The van der Waals surface area contributed by atoms with Crippen LogP contribution in [-0.2, 0) is 13.2 Å². The van der Waals surface area contributed by atoms with E-state index in [-0.39, 0.29) is 12.5 Å². The predicted molar refractivity (Wildman–Crippen MR) is 79.8 cm³/mol. The summed E-state index contributed by atoms with van der Waals surface area (Å²) in [6.07, 6.45) is 2.56. The Balaban J connectivity index is 1.66. The van der Waals surface area contributed by atoms with Crippen molar-refractivity contribution in [3.05, 3.63) is 66.1 Å². The van der Waals surface area contributed by atoms with Gasteiger partial charge in [0.15, 0.2) is 0 Å². The Morgan fingerprint density at radius 2 is 1.86 bits per heavy atom. The van der Waals surface area contributed by atoms with Crippen molar-refractivity contribution in [1.29, 1.82) is 0 Å². The van der Waals surface area contributed by atoms with Gasteiger partial charge in [0.25, 0.3) is 0 Å². The van der Waals surface area contributed by atoms with Crippen molar-refractivity contribution in [3.63, 3.8) is 0 Å². The molecule has 4 heteroatoms. The number of ether oxygens (including phenoxy) is 1. The summed E-state index contributed by atoms with van der Waals surface area (Å²) >= 11 is 0. The van der Waals surface area contributed by atoms with Crippen LogP contribution >= 0.6 is 0 Å². The highest BCUT2D eigenvalue weighted by Crippen LogP contribution is 2.22. The number of aliphatic hydroxyl groups is 1. The van der Waals surface area contributed by atoms with Gasteiger partial charge in [0.2, 0.25) is 0 Å². The van der Waals surface area contributed by atoms with Crippen LogP contribution < -0.4 is 4.74 Å². The molecule has 3 rings (SSSR count). The molecule has 0 atom stereocenters. The molecule has 2 aromatic carbocycles. The van der Waals surface area contributed by atoms with E-state index in [0.29, 0.717) is 6.61 Å². The molecular formula is C17H16FNO2. The zero-order chi connectivity index (χ0) is 14.7. The molecule has 3 aromatic rings. The molecule has 0 radical (unpaired) electrons. The number of halogens is 1. The lowest BCUT2D eigenvalue weighted by Gasteiger charge is -2.07. The van der Waals surface area contributed by atoms with Gasteiger partial charge in [-0.15, -0.1) is 0 Å². The number of benzene rings is 2. The van der Waals surface area contributed by atoms with Crippen LogP contribution in [0.25, 0.3) is 10.9 Å². The first-order valence-electron chi connectivity index (χ1n) is 6.83. The van der Waals surface area contributed by atoms with Crippen molar-refractivity contribution in [2.75, 3.05) is 6.61 Å². The Kier molecular flexibility index (Phi) is 3.88. The predicted octanol–water partition coefficient (Wildman–Crippen LogP) is 3.35. The number of hydrogen-bond donors (Lipinski definition) is 1. The lowest BCUT2D eigenvalue weighted by atomic mass is 10.1. The molecule has 0 spiro atoms. The maximum absolute atomic E-state index is 12.8. The molecule has 1 heterocycles. The van der Waals surface area contributed by atoms with Crippen LogP contribution in [0.5, 0.6) is 5.75 Å². The summed E-state index contributed by atoms with van der Waals surface area (Å²) in [4.78, 5) is 0. The van der Waals surface area contributed by atoms with Crippen LogP contribution in [0, 0.1) is 5.82 Å². The molecule has 0 saturated heterocycles. The highest BCUT2D eigenvalue weighted by Gasteiger charge is 2.03. The van der Waals surface area contributed by atoms with Gasteiger partial charge in [-0.1, -0.05) is 12.1 Å². The Hall–Kier alpha value is -2.33. The van der Waals surface area contributed by atoms with Crippen molar-refractivity contribution < 1.29 is 14.2 Å². The molecule has 3 nitrogen and oxygen atoms in total. The van der Waals surface area contributed by atoms with Gasteiger partial charge in [0.05, 0.1) is 12.1 Å². The largest absolute Gasteiger partial charge is 0.493 e. The van der Waals surface area contributed by atoms with Gasteiger partial charge in [0.1, 0.15) is 18.3 Å². The molecule has 21 heavy (non-hydrogen) atoms. The minimum Gasteiger partial charge on any atom is -0.493 e. The summed E-state index contributed by atoms with van der Waals surface area (Å²) in [6, 6.07) is 14.2. The Morgan fingerprint density at radius 3 is 2.62 bits per heavy atom. The molecular weight excluding hydrogens is 269 g/mol. The summed E-state index contributed by atoms with van der Waals surface area (Å²) in [5, 5.41) is 10.3. The van der Waals surface area contributed by atoms with E-state index < -0.39 is 0 Å². The molecule has 0 aliphatic carbocycles. The second-order valence-corrected chi connectivity index (χ2v) is 4.87. The standard InChI is InChI=1S/C17H16FNO2/c18-15-4-1-13(2-5-15)8-10-21-16-6-3-14-7-9-19(12-20)17(14)11-16/h1-7,9,11,20H,8,10,12H2. The van der Waals surface area contributed by atoms with Crippen molar-refractivity contribution in [1.82, 2.24) is 4.57 Å². The molecule has 0 fully saturated rings. The quantitative estimate of drug-likeness (QED) is 0.780. The number of rotatable bonds is 5. The first-order valence-corrected chi connectivity index (χ1v) is 6.83. The zero-order valence-corrected chi connectivity index (χ0v) is 11.5. The van der Waals surface area contributed by atoms with E-state index >= 15 is 0 Å². The number of nitrogens with zero attached hydrogens (tertiary/aromatic N) is 1. The van der Waals surface area contributed by atoms with Gasteiger partial charge in [-0.3, -0.25) is 0 Å². The summed E-state index contributed by atoms with van der Waals surface area (Å²) in [5.74, 6) is 0.535. The molecule has 108 valence electrons. The molecule has 1 aromatic heterocycles. The van der Waals surface area contributed by atoms with Gasteiger partial charge < -0.3 is 14.4 Å². The summed E-state index contributed by atoms with van der Waals surface area (Å²) in [7, 11) is 0. The molecule has 1 N–H and O–H groups in total. The maximum Gasteiger partial charge on any atom is 0.123 e. The molecule has 0 aliphatic heterocycles. The van der Waals surface area contributed by atoms with Gasteiger partial charge >= 0.3 is 0 Å². The van der Waals surface area contributed by atoms with E-state index in [4.69, 9.17) is 4.74 Å². The van der Waals surface area contributed by atoms with Gasteiger partial charge in [0, 0.05) is 18.7 Å². The van der Waals surface area contributed by atoms with Gasteiger partial charge in [-0.2, -0.15) is 0 Å². The van der Waals surface area contributed by atoms with Crippen molar-refractivity contribution in [2.45, 2.75) is 13.2 Å². The van der Waals surface area contributed by atoms with Crippen LogP contribution in [0.15, 0.2) is 54.7 Å². The number of aromatic nitrogens is 1. The minimum absolute atomic E-state index is 0.0530. The van der Waals surface area contributed by atoms with Crippen LogP contribution in [0.1, 0.15) is 5.56 Å². The van der Waals surface area contributed by atoms with Gasteiger partial charge in [-0.05, 0) is 41.3 Å². The highest BCUT2D eigenvalue weighted by atomic mass is 19.1. The lowest BCUT2D eigenvalue weighted by Crippen LogP contribution is -2.01. The van der Waals surface area contributed by atoms with E-state index in [1.807, 2.05) is 30.5 Å². The van der Waals surface area contributed by atoms with Gasteiger partial charge in [-0.25, -0.2) is 4.39 Å². The smallest absolute Gasteiger partial charge is 0.123 e. The Bertz CT molecular complexity index is 734. The third-order valence-corrected chi connectivity index (χ3v) is 3.47. The second-order valence-electron chi connectivity index (χ2n) is 4.87. The highest BCUT2D eigenvalue weighted by molar-refractivity contribution is 5.81. The Labute approximate surface area is 122 Å². The topological polar surface area (TPSA) is 34.4 Å². The third kappa shape index (κ3) is 3.06. The number of aliphatic hydroxyl groups excluding tert-OH is 1. The molecule has 0 saturated carbocycles. The van der Waals surface area contributed by atoms with Crippen LogP contribution in [-0.4, -0.2) is 16.3 Å². The Morgan fingerprint density at radius 1 is 1.05 bits per heavy atom. The minimum atomic E-state index is -0.227. The first-order chi connectivity index (χ1) is 10.3. The normalized spacial score (nSPS) is 11.0. The number of hydrogen-bond acceptors (Lipinski definition) is 2. The summed E-state index contributed by atoms with van der Waals surface area (Å²) < 4.78 is 20.3. The maximum atomic E-state index is 12.8. The molecule has 0 aliphatic rings. The fourth-order valence-corrected chi connectivity index (χ4v) is 2.31. The van der Waals surface area contributed by atoms with Crippen molar-refractivity contribution >= 4 is 10.9 Å². The fraction of sp³-hybridized carbons (Fsp3) is 0.176. The molecule has 0 unspecified atom stereocenters. The van der Waals surface area contributed by atoms with E-state index in [2.05, 4.69) is 0 Å². The first kappa shape index (κ1) is 13.6. The lowest BCUT2D eigenvalue weighted by molar-refractivity contribution is 0.215. The van der Waals surface area contributed by atoms with Crippen LogP contribution in [0.4, 0.5) is 4.39 Å². The SMILES string of the molecule is OCn1ccc2ccc(OCCc3ccc(F)cc3)cc21.